The molecule has 0 fully saturated rings. The first-order valence-corrected chi connectivity index (χ1v) is 8.52. The number of amides is 2. The van der Waals surface area contributed by atoms with Gasteiger partial charge in [0.1, 0.15) is 5.75 Å². The lowest BCUT2D eigenvalue weighted by molar-refractivity contribution is -0.163. The Balaban J connectivity index is 2.18. The summed E-state index contributed by atoms with van der Waals surface area (Å²) in [6.45, 7) is 1.27. The first-order chi connectivity index (χ1) is 13.2. The van der Waals surface area contributed by atoms with Gasteiger partial charge in [-0.15, -0.1) is 0 Å². The molecule has 2 atom stereocenters. The Hall–Kier alpha value is -3.03. The molecule has 2 aromatic carbocycles. The van der Waals surface area contributed by atoms with Crippen LogP contribution >= 0.6 is 0 Å². The molecule has 8 heteroatoms. The van der Waals surface area contributed by atoms with Crippen LogP contribution in [0.25, 0.3) is 0 Å². The third kappa shape index (κ3) is 6.00. The number of nitrogens with one attached hydrogen (secondary N) is 2. The number of benzene rings is 2. The average Bonchev–Trinajstić information content (AvgIpc) is 2.65. The first-order valence-electron chi connectivity index (χ1n) is 8.52. The fourth-order valence-electron chi connectivity index (χ4n) is 2.74. The number of rotatable bonds is 7. The fourth-order valence-corrected chi connectivity index (χ4v) is 2.74. The van der Waals surface area contributed by atoms with Gasteiger partial charge in [-0.3, -0.25) is 9.59 Å². The Kier molecular flexibility index (Phi) is 7.03. The van der Waals surface area contributed by atoms with Crippen molar-refractivity contribution in [3.63, 3.8) is 0 Å². The number of carbonyl (C=O) groups is 2. The summed E-state index contributed by atoms with van der Waals surface area (Å²) in [5.41, 5.74) is 0.512. The van der Waals surface area contributed by atoms with Crippen LogP contribution in [0.4, 0.5) is 13.2 Å². The maximum absolute atomic E-state index is 13.4. The normalized spacial score (nSPS) is 13.3. The van der Waals surface area contributed by atoms with Gasteiger partial charge >= 0.3 is 6.18 Å². The van der Waals surface area contributed by atoms with E-state index in [2.05, 4.69) is 5.32 Å². The highest BCUT2D eigenvalue weighted by atomic mass is 19.4. The van der Waals surface area contributed by atoms with E-state index < -0.39 is 30.1 Å². The topological polar surface area (TPSA) is 67.4 Å². The Morgan fingerprint density at radius 2 is 1.57 bits per heavy atom. The Labute approximate surface area is 160 Å². The largest absolute Gasteiger partial charge is 0.497 e. The van der Waals surface area contributed by atoms with E-state index in [4.69, 9.17) is 4.74 Å². The van der Waals surface area contributed by atoms with Crippen molar-refractivity contribution in [2.75, 3.05) is 7.11 Å². The monoisotopic (exact) mass is 394 g/mol. The van der Waals surface area contributed by atoms with Crippen LogP contribution in [-0.2, 0) is 9.59 Å². The van der Waals surface area contributed by atoms with Crippen LogP contribution in [0.2, 0.25) is 0 Å². The summed E-state index contributed by atoms with van der Waals surface area (Å²) < 4.78 is 45.3. The van der Waals surface area contributed by atoms with Gasteiger partial charge < -0.3 is 15.4 Å². The molecule has 2 rings (SSSR count). The smallest absolute Gasteiger partial charge is 0.412 e. The van der Waals surface area contributed by atoms with Gasteiger partial charge in [0.2, 0.25) is 11.8 Å². The summed E-state index contributed by atoms with van der Waals surface area (Å²) >= 11 is 0. The molecule has 0 saturated heterocycles. The minimum absolute atomic E-state index is 0.0659. The van der Waals surface area contributed by atoms with Gasteiger partial charge in [-0.05, 0) is 23.3 Å². The number of hydrogen-bond acceptors (Lipinski definition) is 3. The van der Waals surface area contributed by atoms with Gasteiger partial charge in [-0.2, -0.15) is 13.2 Å². The molecule has 0 saturated carbocycles. The van der Waals surface area contributed by atoms with E-state index in [0.29, 0.717) is 11.3 Å². The van der Waals surface area contributed by atoms with Gasteiger partial charge in [0.25, 0.3) is 0 Å². The molecular weight excluding hydrogens is 373 g/mol. The molecule has 0 aromatic heterocycles. The SMILES string of the molecule is COc1ccc(C(CC(=O)NC(c2ccccc2)C(F)(F)F)NC(C)=O)cc1. The summed E-state index contributed by atoms with van der Waals surface area (Å²) in [7, 11) is 1.49. The molecule has 5 nitrogen and oxygen atoms in total. The minimum Gasteiger partial charge on any atom is -0.497 e. The molecule has 0 aliphatic rings. The molecular formula is C20H21F3N2O3. The summed E-state index contributed by atoms with van der Waals surface area (Å²) in [5, 5.41) is 4.62. The van der Waals surface area contributed by atoms with Gasteiger partial charge in [-0.1, -0.05) is 42.5 Å². The van der Waals surface area contributed by atoms with Crippen molar-refractivity contribution in [2.45, 2.75) is 31.6 Å². The second kappa shape index (κ2) is 9.25. The Bertz CT molecular complexity index is 793. The lowest BCUT2D eigenvalue weighted by Crippen LogP contribution is -2.40. The zero-order valence-electron chi connectivity index (χ0n) is 15.4. The maximum Gasteiger partial charge on any atom is 0.412 e. The molecule has 2 aromatic rings. The van der Waals surface area contributed by atoms with Crippen LogP contribution in [0, 0.1) is 0 Å². The number of halogens is 3. The molecule has 0 aliphatic heterocycles. The van der Waals surface area contributed by atoms with Crippen molar-refractivity contribution in [3.8, 4) is 5.75 Å². The minimum atomic E-state index is -4.65. The molecule has 0 radical (unpaired) electrons. The van der Waals surface area contributed by atoms with Crippen LogP contribution in [0.3, 0.4) is 0 Å². The van der Waals surface area contributed by atoms with Crippen molar-refractivity contribution in [1.29, 1.82) is 0 Å². The van der Waals surface area contributed by atoms with E-state index in [0.717, 1.165) is 0 Å². The average molecular weight is 394 g/mol. The third-order valence-corrected chi connectivity index (χ3v) is 4.05. The zero-order valence-corrected chi connectivity index (χ0v) is 15.4. The molecule has 2 amide bonds. The maximum atomic E-state index is 13.4. The van der Waals surface area contributed by atoms with Crippen molar-refractivity contribution in [2.24, 2.45) is 0 Å². The lowest BCUT2D eigenvalue weighted by atomic mass is 10.0. The predicted octanol–water partition coefficient (Wildman–Crippen LogP) is 3.68. The summed E-state index contributed by atoms with van der Waals surface area (Å²) in [4.78, 5) is 23.9. The van der Waals surface area contributed by atoms with Crippen molar-refractivity contribution in [1.82, 2.24) is 10.6 Å². The van der Waals surface area contributed by atoms with E-state index in [1.165, 1.54) is 38.3 Å². The zero-order chi connectivity index (χ0) is 20.7. The van der Waals surface area contributed by atoms with Gasteiger partial charge in [-0.25, -0.2) is 0 Å². The van der Waals surface area contributed by atoms with E-state index in [1.807, 2.05) is 5.32 Å². The molecule has 0 heterocycles. The van der Waals surface area contributed by atoms with E-state index >= 15 is 0 Å². The van der Waals surface area contributed by atoms with Crippen LogP contribution < -0.4 is 15.4 Å². The Morgan fingerprint density at radius 3 is 2.07 bits per heavy atom. The molecule has 2 unspecified atom stereocenters. The van der Waals surface area contributed by atoms with Gasteiger partial charge in [0.15, 0.2) is 6.04 Å². The second-order valence-electron chi connectivity index (χ2n) is 6.18. The molecule has 0 spiro atoms. The number of alkyl halides is 3. The standard InChI is InChI=1S/C20H21F3N2O3/c1-13(26)24-17(14-8-10-16(28-2)11-9-14)12-18(27)25-19(20(21,22)23)15-6-4-3-5-7-15/h3-11,17,19H,12H2,1-2H3,(H,24,26)(H,25,27). The lowest BCUT2D eigenvalue weighted by Gasteiger charge is -2.24. The number of carbonyl (C=O) groups excluding carboxylic acids is 2. The number of methoxy groups -OCH3 is 1. The molecule has 28 heavy (non-hydrogen) atoms. The predicted molar refractivity (Wildman–Crippen MR) is 97.5 cm³/mol. The third-order valence-electron chi connectivity index (χ3n) is 4.05. The highest BCUT2D eigenvalue weighted by Gasteiger charge is 2.42. The van der Waals surface area contributed by atoms with E-state index in [-0.39, 0.29) is 12.0 Å². The van der Waals surface area contributed by atoms with Crippen LogP contribution in [-0.4, -0.2) is 25.1 Å². The highest BCUT2D eigenvalue weighted by molar-refractivity contribution is 5.79. The second-order valence-corrected chi connectivity index (χ2v) is 6.18. The highest BCUT2D eigenvalue weighted by Crippen LogP contribution is 2.33. The quantitative estimate of drug-likeness (QED) is 0.753. The van der Waals surface area contributed by atoms with Crippen LogP contribution in [0.5, 0.6) is 5.75 Å². The molecule has 0 aliphatic carbocycles. The fraction of sp³-hybridized carbons (Fsp3) is 0.300. The summed E-state index contributed by atoms with van der Waals surface area (Å²) in [6, 6.07) is 10.8. The summed E-state index contributed by atoms with van der Waals surface area (Å²) in [6.07, 6.45) is -4.99. The van der Waals surface area contributed by atoms with Crippen LogP contribution in [0.15, 0.2) is 54.6 Å². The van der Waals surface area contributed by atoms with Gasteiger partial charge in [0.05, 0.1) is 19.6 Å². The van der Waals surface area contributed by atoms with Crippen LogP contribution in [0.1, 0.15) is 36.6 Å². The number of ether oxygens (including phenoxy) is 1. The molecule has 150 valence electrons. The molecule has 2 N–H and O–H groups in total. The molecule has 0 bridgehead atoms. The Morgan fingerprint density at radius 1 is 0.964 bits per heavy atom. The van der Waals surface area contributed by atoms with Crippen molar-refractivity contribution < 1.29 is 27.5 Å². The number of hydrogen-bond donors (Lipinski definition) is 2. The van der Waals surface area contributed by atoms with Gasteiger partial charge in [0, 0.05) is 6.92 Å². The van der Waals surface area contributed by atoms with Crippen molar-refractivity contribution in [3.05, 3.63) is 65.7 Å². The van der Waals surface area contributed by atoms with E-state index in [9.17, 15) is 22.8 Å². The first kappa shape index (κ1) is 21.3. The summed E-state index contributed by atoms with van der Waals surface area (Å²) in [5.74, 6) is -0.652. The van der Waals surface area contributed by atoms with E-state index in [1.54, 1.807) is 30.3 Å². The van der Waals surface area contributed by atoms with Crippen molar-refractivity contribution >= 4 is 11.8 Å².